The number of hydrogen-bond donors (Lipinski definition) is 1. The van der Waals surface area contributed by atoms with Crippen molar-refractivity contribution >= 4 is 17.6 Å². The van der Waals surface area contributed by atoms with E-state index in [2.05, 4.69) is 5.32 Å². The summed E-state index contributed by atoms with van der Waals surface area (Å²) in [5.41, 5.74) is 1.03. The van der Waals surface area contributed by atoms with Gasteiger partial charge >= 0.3 is 6.09 Å². The first-order valence-corrected chi connectivity index (χ1v) is 14.3. The van der Waals surface area contributed by atoms with E-state index in [1.807, 2.05) is 57.2 Å². The number of morpholine rings is 1. The first-order valence-electron chi connectivity index (χ1n) is 14.3. The van der Waals surface area contributed by atoms with Gasteiger partial charge in [-0.2, -0.15) is 0 Å². The van der Waals surface area contributed by atoms with Crippen LogP contribution in [0, 0.1) is 5.82 Å². The van der Waals surface area contributed by atoms with Gasteiger partial charge in [-0.1, -0.05) is 42.5 Å². The van der Waals surface area contributed by atoms with E-state index in [0.717, 1.165) is 11.1 Å². The Balaban J connectivity index is 1.26. The smallest absolute Gasteiger partial charge is 0.410 e. The molecule has 1 aliphatic carbocycles. The number of halogens is 1. The molecule has 2 aromatic carbocycles. The molecule has 2 amide bonds. The summed E-state index contributed by atoms with van der Waals surface area (Å²) < 4.78 is 38.7. The second kappa shape index (κ2) is 12.2. The molecule has 8 nitrogen and oxygen atoms in total. The quantitative estimate of drug-likeness (QED) is 0.493. The minimum atomic E-state index is -0.722. The Morgan fingerprint density at radius 1 is 1.17 bits per heavy atom. The second-order valence-electron chi connectivity index (χ2n) is 12.0. The Labute approximate surface area is 240 Å². The van der Waals surface area contributed by atoms with Gasteiger partial charge in [0.2, 0.25) is 5.91 Å². The van der Waals surface area contributed by atoms with Crippen LogP contribution in [-0.2, 0) is 25.6 Å². The van der Waals surface area contributed by atoms with E-state index >= 15 is 4.39 Å². The molecule has 3 atom stereocenters. The van der Waals surface area contributed by atoms with Crippen LogP contribution in [0.1, 0.15) is 57.6 Å². The summed E-state index contributed by atoms with van der Waals surface area (Å²) in [5.74, 6) is 0.0104. The summed E-state index contributed by atoms with van der Waals surface area (Å²) in [5, 5.41) is 3.08. The van der Waals surface area contributed by atoms with Crippen molar-refractivity contribution in [1.29, 1.82) is 0 Å². The Kier molecular flexibility index (Phi) is 8.66. The number of rotatable bonds is 7. The summed E-state index contributed by atoms with van der Waals surface area (Å²) in [4.78, 5) is 27.0. The summed E-state index contributed by atoms with van der Waals surface area (Å²) in [7, 11) is 0. The Morgan fingerprint density at radius 3 is 2.68 bits per heavy atom. The highest BCUT2D eigenvalue weighted by Gasteiger charge is 2.53. The zero-order chi connectivity index (χ0) is 29.0. The van der Waals surface area contributed by atoms with E-state index in [1.54, 1.807) is 17.0 Å². The summed E-state index contributed by atoms with van der Waals surface area (Å²) in [6.45, 7) is 6.80. The normalized spacial score (nSPS) is 24.6. The molecule has 1 spiro atoms. The molecule has 5 rings (SSSR count). The van der Waals surface area contributed by atoms with E-state index < -0.39 is 23.3 Å². The molecule has 0 aromatic heterocycles. The number of carbonyl (C=O) groups excluding carboxylic acids is 2. The number of carbonyl (C=O) groups is 2. The van der Waals surface area contributed by atoms with Crippen LogP contribution in [0.15, 0.2) is 54.6 Å². The lowest BCUT2D eigenvalue weighted by atomic mass is 9.89. The number of hydrogen-bond acceptors (Lipinski definition) is 6. The van der Waals surface area contributed by atoms with Crippen LogP contribution in [0.5, 0.6) is 5.75 Å². The third-order valence-electron chi connectivity index (χ3n) is 7.81. The van der Waals surface area contributed by atoms with Gasteiger partial charge in [-0.25, -0.2) is 9.18 Å². The Bertz CT molecular complexity index is 1280. The molecule has 2 saturated heterocycles. The van der Waals surface area contributed by atoms with Crippen molar-refractivity contribution < 1.29 is 32.9 Å². The monoisotopic (exact) mass is 566 g/mol. The average Bonchev–Trinajstić information content (AvgIpc) is 3.27. The van der Waals surface area contributed by atoms with Gasteiger partial charge in [-0.05, 0) is 69.7 Å². The van der Waals surface area contributed by atoms with Crippen LogP contribution in [-0.4, -0.2) is 66.6 Å². The van der Waals surface area contributed by atoms with Crippen LogP contribution in [0.4, 0.5) is 9.18 Å². The molecular weight excluding hydrogens is 527 g/mol. The number of amides is 2. The largest absolute Gasteiger partial charge is 0.488 e. The lowest BCUT2D eigenvalue weighted by Gasteiger charge is -2.41. The van der Waals surface area contributed by atoms with E-state index in [1.165, 1.54) is 6.07 Å². The van der Waals surface area contributed by atoms with Crippen molar-refractivity contribution in [2.24, 2.45) is 0 Å². The molecule has 0 radical (unpaired) electrons. The molecular formula is C32H39FN2O6. The van der Waals surface area contributed by atoms with Crippen molar-refractivity contribution in [3.8, 4) is 5.75 Å². The predicted molar refractivity (Wildman–Crippen MR) is 152 cm³/mol. The Hall–Kier alpha value is -3.43. The van der Waals surface area contributed by atoms with E-state index in [9.17, 15) is 9.59 Å². The SMILES string of the molecule is CC(C)(C)OC(=O)N1CC[C@@]2(COCC(=O)N2)[C@@H]1COC1CC=C(c2c(F)cccc2OCc2ccccc2)CC1. The van der Waals surface area contributed by atoms with Crippen molar-refractivity contribution in [3.63, 3.8) is 0 Å². The van der Waals surface area contributed by atoms with Crippen LogP contribution in [0.25, 0.3) is 5.57 Å². The minimum absolute atomic E-state index is 0.00502. The number of likely N-dealkylation sites (tertiary alicyclic amines) is 1. The third kappa shape index (κ3) is 6.90. The maximum Gasteiger partial charge on any atom is 0.410 e. The first-order chi connectivity index (χ1) is 19.6. The van der Waals surface area contributed by atoms with Crippen molar-refractivity contribution in [2.75, 3.05) is 26.4 Å². The number of benzene rings is 2. The fourth-order valence-corrected chi connectivity index (χ4v) is 5.81. The zero-order valence-corrected chi connectivity index (χ0v) is 24.0. The molecule has 2 aliphatic heterocycles. The van der Waals surface area contributed by atoms with Crippen molar-refractivity contribution in [1.82, 2.24) is 10.2 Å². The van der Waals surface area contributed by atoms with Crippen LogP contribution < -0.4 is 10.1 Å². The summed E-state index contributed by atoms with van der Waals surface area (Å²) >= 11 is 0. The number of nitrogens with one attached hydrogen (secondary N) is 1. The fourth-order valence-electron chi connectivity index (χ4n) is 5.81. The molecule has 1 N–H and O–H groups in total. The predicted octanol–water partition coefficient (Wildman–Crippen LogP) is 5.25. The second-order valence-corrected chi connectivity index (χ2v) is 12.0. The maximum atomic E-state index is 15.0. The van der Waals surface area contributed by atoms with Gasteiger partial charge in [0, 0.05) is 6.54 Å². The van der Waals surface area contributed by atoms with Gasteiger partial charge in [-0.15, -0.1) is 0 Å². The van der Waals surface area contributed by atoms with Gasteiger partial charge in [0.1, 0.15) is 30.4 Å². The molecule has 41 heavy (non-hydrogen) atoms. The standard InChI is InChI=1S/C32H39FN2O6/c1-31(2,3)41-30(37)35-17-16-32(21-38-20-28(36)34-32)27(35)19-39-24-14-12-23(13-15-24)29-25(33)10-7-11-26(29)40-18-22-8-5-4-6-9-22/h4-12,24,27H,13-21H2,1-3H3,(H,34,36)/t24?,27-,32+/m0/s1. The fraction of sp³-hybridized carbons (Fsp3) is 0.500. The first kappa shape index (κ1) is 29.1. The van der Waals surface area contributed by atoms with E-state index in [-0.39, 0.29) is 31.0 Å². The molecule has 220 valence electrons. The number of allylic oxidation sites excluding steroid dienone is 1. The molecule has 1 unspecified atom stereocenters. The maximum absolute atomic E-state index is 15.0. The number of ether oxygens (including phenoxy) is 4. The molecule has 0 saturated carbocycles. The van der Waals surface area contributed by atoms with Crippen molar-refractivity contribution in [2.45, 2.75) is 76.3 Å². The summed E-state index contributed by atoms with van der Waals surface area (Å²) in [6, 6.07) is 14.3. The molecule has 2 aromatic rings. The molecule has 2 heterocycles. The van der Waals surface area contributed by atoms with Gasteiger partial charge in [0.15, 0.2) is 0 Å². The molecule has 0 bridgehead atoms. The van der Waals surface area contributed by atoms with E-state index in [0.29, 0.717) is 56.8 Å². The van der Waals surface area contributed by atoms with Gasteiger partial charge in [0.05, 0.1) is 36.5 Å². The highest BCUT2D eigenvalue weighted by atomic mass is 19.1. The molecule has 9 heteroatoms. The third-order valence-corrected chi connectivity index (χ3v) is 7.81. The van der Waals surface area contributed by atoms with Gasteiger partial charge in [0.25, 0.3) is 0 Å². The lowest BCUT2D eigenvalue weighted by Crippen LogP contribution is -2.65. The minimum Gasteiger partial charge on any atom is -0.488 e. The van der Waals surface area contributed by atoms with Gasteiger partial charge < -0.3 is 29.2 Å². The summed E-state index contributed by atoms with van der Waals surface area (Å²) in [6.07, 6.45) is 3.93. The Morgan fingerprint density at radius 2 is 1.98 bits per heavy atom. The van der Waals surface area contributed by atoms with E-state index in [4.69, 9.17) is 18.9 Å². The van der Waals surface area contributed by atoms with Gasteiger partial charge in [-0.3, -0.25) is 4.79 Å². The topological polar surface area (TPSA) is 86.3 Å². The lowest BCUT2D eigenvalue weighted by molar-refractivity contribution is -0.137. The average molecular weight is 567 g/mol. The highest BCUT2D eigenvalue weighted by molar-refractivity contribution is 5.79. The van der Waals surface area contributed by atoms with Crippen LogP contribution >= 0.6 is 0 Å². The molecule has 3 aliphatic rings. The molecule has 2 fully saturated rings. The van der Waals surface area contributed by atoms with Crippen molar-refractivity contribution in [3.05, 3.63) is 71.6 Å². The van der Waals surface area contributed by atoms with Crippen LogP contribution in [0.3, 0.4) is 0 Å². The van der Waals surface area contributed by atoms with Crippen LogP contribution in [0.2, 0.25) is 0 Å². The zero-order valence-electron chi connectivity index (χ0n) is 24.0. The highest BCUT2D eigenvalue weighted by Crippen LogP contribution is 2.37. The number of nitrogens with zero attached hydrogens (tertiary/aromatic N) is 1.